The third kappa shape index (κ3) is 6.83. The Hall–Kier alpha value is -1.82. The highest BCUT2D eigenvalue weighted by Crippen LogP contribution is 2.16. The maximum atomic E-state index is 13.2. The summed E-state index contributed by atoms with van der Waals surface area (Å²) in [7, 11) is 0. The zero-order valence-corrected chi connectivity index (χ0v) is 16.1. The van der Waals surface area contributed by atoms with E-state index >= 15 is 0 Å². The number of carbonyl (C=O) groups is 1. The molecule has 1 aliphatic rings. The van der Waals surface area contributed by atoms with Gasteiger partial charge in [-0.25, -0.2) is 9.38 Å². The average molecular weight is 383 g/mol. The number of benzene rings is 1. The average Bonchev–Trinajstić information content (AvgIpc) is 2.83. The van der Waals surface area contributed by atoms with Gasteiger partial charge in [-0.1, -0.05) is 24.1 Å². The smallest absolute Gasteiger partial charge is 0.222 e. The lowest BCUT2D eigenvalue weighted by atomic mass is 10.2. The predicted octanol–water partition coefficient (Wildman–Crippen LogP) is 3.33. The first-order valence-electron chi connectivity index (χ1n) is 9.34. The summed E-state index contributed by atoms with van der Waals surface area (Å²) in [5.41, 5.74) is 0.851. The third-order valence-corrected chi connectivity index (χ3v) is 4.61. The molecule has 0 aliphatic carbocycles. The second-order valence-corrected chi connectivity index (χ2v) is 6.82. The van der Waals surface area contributed by atoms with Crippen molar-refractivity contribution in [2.75, 3.05) is 26.2 Å². The topological polar surface area (TPSA) is 56.7 Å². The molecular weight excluding hydrogens is 355 g/mol. The van der Waals surface area contributed by atoms with Crippen molar-refractivity contribution in [1.82, 2.24) is 15.5 Å². The van der Waals surface area contributed by atoms with Gasteiger partial charge in [-0.3, -0.25) is 4.79 Å². The van der Waals surface area contributed by atoms with Crippen LogP contribution >= 0.6 is 11.6 Å². The molecule has 0 unspecified atom stereocenters. The van der Waals surface area contributed by atoms with Gasteiger partial charge in [0.1, 0.15) is 5.82 Å². The van der Waals surface area contributed by atoms with Gasteiger partial charge in [-0.2, -0.15) is 0 Å². The van der Waals surface area contributed by atoms with Crippen LogP contribution in [0.25, 0.3) is 0 Å². The normalized spacial score (nSPS) is 15.7. The predicted molar refractivity (Wildman–Crippen MR) is 104 cm³/mol. The van der Waals surface area contributed by atoms with Crippen molar-refractivity contribution in [2.45, 2.75) is 45.6 Å². The zero-order chi connectivity index (χ0) is 18.8. The molecule has 1 aliphatic heterocycles. The SMILES string of the molecule is CCNC(=NCc1ccc(F)c(Cl)c1)NCCCN1CCCCCC1=O. The van der Waals surface area contributed by atoms with E-state index in [0.29, 0.717) is 18.9 Å². The highest BCUT2D eigenvalue weighted by molar-refractivity contribution is 6.30. The molecule has 0 atom stereocenters. The molecule has 1 fully saturated rings. The molecule has 7 heteroatoms. The van der Waals surface area contributed by atoms with Crippen molar-refractivity contribution in [3.63, 3.8) is 0 Å². The van der Waals surface area contributed by atoms with Crippen LogP contribution in [0.15, 0.2) is 23.2 Å². The van der Waals surface area contributed by atoms with Gasteiger partial charge in [-0.15, -0.1) is 0 Å². The van der Waals surface area contributed by atoms with Crippen molar-refractivity contribution in [2.24, 2.45) is 4.99 Å². The van der Waals surface area contributed by atoms with Crippen molar-refractivity contribution in [3.8, 4) is 0 Å². The molecule has 1 saturated heterocycles. The van der Waals surface area contributed by atoms with E-state index in [9.17, 15) is 9.18 Å². The van der Waals surface area contributed by atoms with Gasteiger partial charge in [0, 0.05) is 32.6 Å². The van der Waals surface area contributed by atoms with E-state index in [1.54, 1.807) is 12.1 Å². The van der Waals surface area contributed by atoms with Gasteiger partial charge in [0.25, 0.3) is 0 Å². The second-order valence-electron chi connectivity index (χ2n) is 6.42. The molecule has 0 bridgehead atoms. The van der Waals surface area contributed by atoms with Crippen LogP contribution in [0.2, 0.25) is 5.02 Å². The molecule has 1 amide bonds. The van der Waals surface area contributed by atoms with Crippen molar-refractivity contribution in [3.05, 3.63) is 34.6 Å². The Morgan fingerprint density at radius 1 is 1.31 bits per heavy atom. The van der Waals surface area contributed by atoms with Crippen molar-refractivity contribution < 1.29 is 9.18 Å². The third-order valence-electron chi connectivity index (χ3n) is 4.32. The van der Waals surface area contributed by atoms with Gasteiger partial charge in [0.15, 0.2) is 5.96 Å². The number of nitrogens with zero attached hydrogens (tertiary/aromatic N) is 2. The lowest BCUT2D eigenvalue weighted by Gasteiger charge is -2.20. The van der Waals surface area contributed by atoms with E-state index in [2.05, 4.69) is 15.6 Å². The largest absolute Gasteiger partial charge is 0.357 e. The molecule has 2 N–H and O–H groups in total. The number of rotatable bonds is 7. The number of amides is 1. The highest BCUT2D eigenvalue weighted by atomic mass is 35.5. The summed E-state index contributed by atoms with van der Waals surface area (Å²) in [6.45, 7) is 5.55. The molecule has 0 aromatic heterocycles. The fraction of sp³-hybridized carbons (Fsp3) is 0.579. The van der Waals surface area contributed by atoms with Crippen LogP contribution in [-0.4, -0.2) is 42.9 Å². The molecule has 1 aromatic carbocycles. The van der Waals surface area contributed by atoms with Crippen LogP contribution in [0.1, 0.15) is 44.6 Å². The molecular formula is C19H28ClFN4O. The maximum Gasteiger partial charge on any atom is 0.222 e. The lowest BCUT2D eigenvalue weighted by Crippen LogP contribution is -2.39. The van der Waals surface area contributed by atoms with Gasteiger partial charge in [-0.05, 0) is 43.9 Å². The molecule has 0 saturated carbocycles. The second kappa shape index (κ2) is 11.0. The highest BCUT2D eigenvalue weighted by Gasteiger charge is 2.15. The van der Waals surface area contributed by atoms with E-state index in [1.165, 1.54) is 6.07 Å². The number of carbonyl (C=O) groups excluding carboxylic acids is 1. The van der Waals surface area contributed by atoms with Gasteiger partial charge in [0.2, 0.25) is 5.91 Å². The molecule has 1 aromatic rings. The number of guanidine groups is 1. The fourth-order valence-corrected chi connectivity index (χ4v) is 3.10. The van der Waals surface area contributed by atoms with Crippen LogP contribution < -0.4 is 10.6 Å². The minimum absolute atomic E-state index is 0.109. The first kappa shape index (κ1) is 20.5. The number of halogens is 2. The fourth-order valence-electron chi connectivity index (χ4n) is 2.90. The maximum absolute atomic E-state index is 13.2. The van der Waals surface area contributed by atoms with E-state index < -0.39 is 5.82 Å². The minimum atomic E-state index is -0.424. The summed E-state index contributed by atoms with van der Waals surface area (Å²) in [6, 6.07) is 4.62. The quantitative estimate of drug-likeness (QED) is 0.432. The van der Waals surface area contributed by atoms with Gasteiger partial charge < -0.3 is 15.5 Å². The van der Waals surface area contributed by atoms with E-state index in [1.807, 2.05) is 11.8 Å². The number of hydrogen-bond donors (Lipinski definition) is 2. The Kier molecular flexibility index (Phi) is 8.68. The number of aliphatic imine (C=N–C) groups is 1. The first-order valence-corrected chi connectivity index (χ1v) is 9.72. The molecule has 26 heavy (non-hydrogen) atoms. The Labute approximate surface area is 160 Å². The number of nitrogens with one attached hydrogen (secondary N) is 2. The van der Waals surface area contributed by atoms with Gasteiger partial charge in [0.05, 0.1) is 11.6 Å². The number of hydrogen-bond acceptors (Lipinski definition) is 2. The lowest BCUT2D eigenvalue weighted by molar-refractivity contribution is -0.130. The summed E-state index contributed by atoms with van der Waals surface area (Å²) in [5.74, 6) is 0.555. The Morgan fingerprint density at radius 3 is 2.92 bits per heavy atom. The Morgan fingerprint density at radius 2 is 2.15 bits per heavy atom. The molecule has 2 rings (SSSR count). The Bertz CT molecular complexity index is 624. The first-order chi connectivity index (χ1) is 12.6. The summed E-state index contributed by atoms with van der Waals surface area (Å²) < 4.78 is 13.2. The summed E-state index contributed by atoms with van der Waals surface area (Å²) >= 11 is 5.80. The summed E-state index contributed by atoms with van der Waals surface area (Å²) in [6.07, 6.45) is 4.81. The van der Waals surface area contributed by atoms with Gasteiger partial charge >= 0.3 is 0 Å². The molecule has 144 valence electrons. The van der Waals surface area contributed by atoms with E-state index in [-0.39, 0.29) is 10.9 Å². The van der Waals surface area contributed by atoms with Crippen molar-refractivity contribution >= 4 is 23.5 Å². The standard InChI is InChI=1S/C19H28ClFN4O/c1-2-22-19(24-14-15-8-9-17(21)16(20)13-15)23-10-6-12-25-11-5-3-4-7-18(25)26/h8-9,13H,2-7,10-12,14H2,1H3,(H2,22,23,24). The molecule has 0 radical (unpaired) electrons. The molecule has 0 spiro atoms. The monoisotopic (exact) mass is 382 g/mol. The minimum Gasteiger partial charge on any atom is -0.357 e. The van der Waals surface area contributed by atoms with E-state index in [0.717, 1.165) is 57.4 Å². The van der Waals surface area contributed by atoms with E-state index in [4.69, 9.17) is 11.6 Å². The van der Waals surface area contributed by atoms with Crippen LogP contribution in [0.5, 0.6) is 0 Å². The molecule has 1 heterocycles. The van der Waals surface area contributed by atoms with Crippen LogP contribution in [0.4, 0.5) is 4.39 Å². The van der Waals surface area contributed by atoms with Crippen LogP contribution in [0, 0.1) is 5.82 Å². The van der Waals surface area contributed by atoms with Crippen LogP contribution in [-0.2, 0) is 11.3 Å². The summed E-state index contributed by atoms with van der Waals surface area (Å²) in [5, 5.41) is 6.58. The zero-order valence-electron chi connectivity index (χ0n) is 15.4. The Balaban J connectivity index is 1.79. The number of likely N-dealkylation sites (tertiary alicyclic amines) is 1. The van der Waals surface area contributed by atoms with Crippen LogP contribution in [0.3, 0.4) is 0 Å². The van der Waals surface area contributed by atoms with Crippen molar-refractivity contribution in [1.29, 1.82) is 0 Å². The molecule has 5 nitrogen and oxygen atoms in total. The summed E-state index contributed by atoms with van der Waals surface area (Å²) in [4.78, 5) is 18.5.